The fourth-order valence-corrected chi connectivity index (χ4v) is 5.65. The molecule has 6 heteroatoms. The number of anilines is 1. The topological polar surface area (TPSA) is 66.0 Å². The van der Waals surface area contributed by atoms with Gasteiger partial charge in [-0.1, -0.05) is 44.5 Å². The molecule has 0 unspecified atom stereocenters. The molecular formula is C27H27ClN2O2S. The second-order valence-corrected chi connectivity index (χ2v) is 11.1. The van der Waals surface area contributed by atoms with Crippen LogP contribution in [0.4, 0.5) is 5.00 Å². The molecule has 1 aliphatic carbocycles. The van der Waals surface area contributed by atoms with Crippen molar-refractivity contribution in [2.45, 2.75) is 47.0 Å². The molecule has 4 nitrogen and oxygen atoms in total. The second kappa shape index (κ2) is 9.21. The Morgan fingerprint density at radius 1 is 1.30 bits per heavy atom. The van der Waals surface area contributed by atoms with Crippen molar-refractivity contribution in [1.82, 2.24) is 0 Å². The highest BCUT2D eigenvalue weighted by Gasteiger charge is 2.32. The van der Waals surface area contributed by atoms with Gasteiger partial charge < -0.3 is 9.73 Å². The molecule has 0 spiro atoms. The van der Waals surface area contributed by atoms with Crippen molar-refractivity contribution < 1.29 is 9.21 Å². The first kappa shape index (κ1) is 23.4. The van der Waals surface area contributed by atoms with Crippen LogP contribution in [-0.2, 0) is 17.6 Å². The Bertz CT molecular complexity index is 1270. The van der Waals surface area contributed by atoms with E-state index < -0.39 is 0 Å². The summed E-state index contributed by atoms with van der Waals surface area (Å²) in [6.07, 6.45) is 5.98. The largest absolute Gasteiger partial charge is 0.457 e. The number of carbonyl (C=O) groups excluding carboxylic acids is 1. The lowest BCUT2D eigenvalue weighted by Crippen LogP contribution is -2.26. The maximum atomic E-state index is 12.6. The van der Waals surface area contributed by atoms with Crippen LogP contribution in [0.2, 0.25) is 5.02 Å². The highest BCUT2D eigenvalue weighted by atomic mass is 35.5. The van der Waals surface area contributed by atoms with Gasteiger partial charge in [0.25, 0.3) is 0 Å². The Hall–Kier alpha value is -2.81. The first-order valence-corrected chi connectivity index (χ1v) is 12.2. The molecule has 33 heavy (non-hydrogen) atoms. The number of amides is 1. The zero-order valence-corrected chi connectivity index (χ0v) is 20.9. The van der Waals surface area contributed by atoms with E-state index in [1.165, 1.54) is 22.3 Å². The molecule has 0 saturated carbocycles. The van der Waals surface area contributed by atoms with E-state index in [-0.39, 0.29) is 11.3 Å². The lowest BCUT2D eigenvalue weighted by molar-refractivity contribution is -0.111. The number of aryl methyl sites for hydroxylation is 1. The molecule has 0 fully saturated rings. The molecule has 1 amide bonds. The minimum Gasteiger partial charge on any atom is -0.457 e. The Balaban J connectivity index is 1.46. The average molecular weight is 479 g/mol. The van der Waals surface area contributed by atoms with E-state index in [1.807, 2.05) is 37.3 Å². The molecule has 1 N–H and O–H groups in total. The second-order valence-electron chi connectivity index (χ2n) is 9.61. The highest BCUT2D eigenvalue weighted by molar-refractivity contribution is 7.16. The summed E-state index contributed by atoms with van der Waals surface area (Å²) >= 11 is 7.75. The van der Waals surface area contributed by atoms with Crippen LogP contribution in [0.5, 0.6) is 0 Å². The number of nitrogens with zero attached hydrogens (tertiary/aromatic N) is 1. The number of carbonyl (C=O) groups is 1. The normalized spacial score (nSPS) is 15.9. The van der Waals surface area contributed by atoms with Gasteiger partial charge in [-0.15, -0.1) is 11.3 Å². The van der Waals surface area contributed by atoms with Crippen LogP contribution in [0.3, 0.4) is 0 Å². The lowest BCUT2D eigenvalue weighted by Gasteiger charge is -2.33. The Labute approximate surface area is 203 Å². The predicted molar refractivity (Wildman–Crippen MR) is 136 cm³/mol. The van der Waals surface area contributed by atoms with E-state index in [1.54, 1.807) is 6.08 Å². The van der Waals surface area contributed by atoms with Gasteiger partial charge in [-0.3, -0.25) is 4.79 Å². The molecule has 0 radical (unpaired) electrons. The van der Waals surface area contributed by atoms with Crippen LogP contribution in [0.15, 0.2) is 40.8 Å². The zero-order valence-electron chi connectivity index (χ0n) is 19.3. The van der Waals surface area contributed by atoms with Crippen LogP contribution in [0.25, 0.3) is 17.4 Å². The van der Waals surface area contributed by atoms with Crippen LogP contribution in [0, 0.1) is 29.6 Å². The third-order valence-corrected chi connectivity index (χ3v) is 7.90. The molecule has 1 atom stereocenters. The van der Waals surface area contributed by atoms with Gasteiger partial charge in [0.1, 0.15) is 22.6 Å². The van der Waals surface area contributed by atoms with Gasteiger partial charge in [0, 0.05) is 21.5 Å². The molecule has 3 aromatic rings. The van der Waals surface area contributed by atoms with Gasteiger partial charge in [0.15, 0.2) is 0 Å². The number of furan rings is 1. The molecule has 2 aromatic heterocycles. The third-order valence-electron chi connectivity index (χ3n) is 6.32. The van der Waals surface area contributed by atoms with E-state index in [4.69, 9.17) is 16.0 Å². The van der Waals surface area contributed by atoms with Gasteiger partial charge >= 0.3 is 0 Å². The summed E-state index contributed by atoms with van der Waals surface area (Å²) in [5.74, 6) is 1.54. The Morgan fingerprint density at radius 3 is 2.79 bits per heavy atom. The summed E-state index contributed by atoms with van der Waals surface area (Å²) < 4.78 is 5.84. The number of thiophene rings is 1. The fraction of sp³-hybridized carbons (Fsp3) is 0.333. The number of nitrogens with one attached hydrogen (secondary N) is 1. The Kier molecular flexibility index (Phi) is 6.52. The van der Waals surface area contributed by atoms with E-state index in [2.05, 4.69) is 32.2 Å². The quantitative estimate of drug-likeness (QED) is 0.391. The van der Waals surface area contributed by atoms with Crippen LogP contribution >= 0.6 is 22.9 Å². The smallest absolute Gasteiger partial charge is 0.249 e. The molecule has 4 rings (SSSR count). The van der Waals surface area contributed by atoms with Gasteiger partial charge in [0.05, 0.1) is 5.56 Å². The molecular weight excluding hydrogens is 452 g/mol. The maximum Gasteiger partial charge on any atom is 0.249 e. The summed E-state index contributed by atoms with van der Waals surface area (Å²) in [7, 11) is 0. The zero-order chi connectivity index (χ0) is 23.8. The molecule has 1 aromatic carbocycles. The summed E-state index contributed by atoms with van der Waals surface area (Å²) in [4.78, 5) is 13.8. The van der Waals surface area contributed by atoms with Gasteiger partial charge in [-0.05, 0) is 72.9 Å². The monoisotopic (exact) mass is 478 g/mol. The minimum atomic E-state index is -0.284. The molecule has 0 bridgehead atoms. The van der Waals surface area contributed by atoms with E-state index >= 15 is 0 Å². The molecule has 170 valence electrons. The summed E-state index contributed by atoms with van der Waals surface area (Å²) in [6.45, 7) is 8.75. The molecule has 2 heterocycles. The van der Waals surface area contributed by atoms with Gasteiger partial charge in [0.2, 0.25) is 5.91 Å². The summed E-state index contributed by atoms with van der Waals surface area (Å²) in [5.41, 5.74) is 3.83. The van der Waals surface area contributed by atoms with Crippen LogP contribution in [-0.4, -0.2) is 5.91 Å². The van der Waals surface area contributed by atoms with Crippen molar-refractivity contribution in [3.63, 3.8) is 0 Å². The number of fused-ring (bicyclic) bond motifs is 1. The van der Waals surface area contributed by atoms with E-state index in [0.29, 0.717) is 33.0 Å². The van der Waals surface area contributed by atoms with E-state index in [0.717, 1.165) is 36.0 Å². The molecule has 0 aliphatic heterocycles. The predicted octanol–water partition coefficient (Wildman–Crippen LogP) is 7.64. The number of benzene rings is 1. The van der Waals surface area contributed by atoms with Crippen molar-refractivity contribution in [3.05, 3.63) is 68.8 Å². The van der Waals surface area contributed by atoms with Crippen LogP contribution < -0.4 is 5.32 Å². The van der Waals surface area contributed by atoms with Crippen molar-refractivity contribution in [2.24, 2.45) is 11.3 Å². The standard InChI is InChI=1S/C27H27ClN2O2S/c1-16-5-6-17(13-22(16)28)23-11-8-19(32-23)9-12-25(31)30-26-21(15-29)20-10-7-18(27(2,3)4)14-24(20)33-26/h5-6,8-9,11-13,18H,7,10,14H2,1-4H3,(H,30,31)/b12-9+/t18-/m1/s1. The van der Waals surface area contributed by atoms with Crippen molar-refractivity contribution in [2.75, 3.05) is 5.32 Å². The minimum absolute atomic E-state index is 0.229. The van der Waals surface area contributed by atoms with Crippen molar-refractivity contribution >= 4 is 39.9 Å². The number of hydrogen-bond acceptors (Lipinski definition) is 4. The highest BCUT2D eigenvalue weighted by Crippen LogP contribution is 2.44. The number of halogens is 1. The number of hydrogen-bond donors (Lipinski definition) is 1. The summed E-state index contributed by atoms with van der Waals surface area (Å²) in [5, 5.41) is 13.9. The third kappa shape index (κ3) is 5.08. The fourth-order valence-electron chi connectivity index (χ4n) is 4.19. The van der Waals surface area contributed by atoms with Gasteiger partial charge in [-0.2, -0.15) is 5.26 Å². The van der Waals surface area contributed by atoms with Crippen LogP contribution in [0.1, 0.15) is 54.5 Å². The summed E-state index contributed by atoms with van der Waals surface area (Å²) in [6, 6.07) is 11.7. The average Bonchev–Trinajstić information content (AvgIpc) is 3.37. The molecule has 1 aliphatic rings. The number of nitriles is 1. The number of rotatable bonds is 4. The first-order valence-electron chi connectivity index (χ1n) is 11.1. The van der Waals surface area contributed by atoms with Gasteiger partial charge in [-0.25, -0.2) is 0 Å². The van der Waals surface area contributed by atoms with E-state index in [9.17, 15) is 10.1 Å². The van der Waals surface area contributed by atoms with Crippen molar-refractivity contribution in [1.29, 1.82) is 5.26 Å². The lowest BCUT2D eigenvalue weighted by atomic mass is 9.72. The SMILES string of the molecule is Cc1ccc(-c2ccc(/C=C/C(=O)Nc3sc4c(c3C#N)CC[C@@H](C(C)(C)C)C4)o2)cc1Cl. The molecule has 0 saturated heterocycles. The van der Waals surface area contributed by atoms with Crippen molar-refractivity contribution in [3.8, 4) is 17.4 Å². The first-order chi connectivity index (χ1) is 15.7. The maximum absolute atomic E-state index is 12.6. The Morgan fingerprint density at radius 2 is 2.09 bits per heavy atom.